The van der Waals surface area contributed by atoms with Crippen molar-refractivity contribution in [2.75, 3.05) is 18.1 Å². The SMILES string of the molecule is O=C(COc1ccc(Cl)cc1)c1ccc2c(c1)N(Cc1nc(C(=O)NC3CC3)co1)C(=O)CO2. The Balaban J connectivity index is 1.30. The Hall–Kier alpha value is -3.85. The van der Waals surface area contributed by atoms with Crippen molar-refractivity contribution in [2.24, 2.45) is 0 Å². The first-order chi connectivity index (χ1) is 16.5. The zero-order chi connectivity index (χ0) is 23.7. The highest BCUT2D eigenvalue weighted by Crippen LogP contribution is 2.34. The van der Waals surface area contributed by atoms with E-state index in [0.29, 0.717) is 27.8 Å². The molecule has 2 amide bonds. The molecule has 3 aromatic rings. The van der Waals surface area contributed by atoms with Crippen LogP contribution in [-0.4, -0.2) is 41.8 Å². The predicted molar refractivity (Wildman–Crippen MR) is 121 cm³/mol. The number of nitrogens with zero attached hydrogens (tertiary/aromatic N) is 2. The number of aromatic nitrogens is 1. The summed E-state index contributed by atoms with van der Waals surface area (Å²) >= 11 is 5.86. The molecule has 1 saturated carbocycles. The van der Waals surface area contributed by atoms with Crippen molar-refractivity contribution in [2.45, 2.75) is 25.4 Å². The molecule has 1 aromatic heterocycles. The van der Waals surface area contributed by atoms with Crippen molar-refractivity contribution in [3.05, 3.63) is 70.9 Å². The lowest BCUT2D eigenvalue weighted by atomic mass is 10.1. The molecule has 0 atom stereocenters. The Morgan fingerprint density at radius 1 is 1.18 bits per heavy atom. The Morgan fingerprint density at radius 3 is 2.74 bits per heavy atom. The molecule has 0 bridgehead atoms. The van der Waals surface area contributed by atoms with Gasteiger partial charge in [-0.3, -0.25) is 19.3 Å². The normalized spacial score (nSPS) is 14.9. The van der Waals surface area contributed by atoms with Crippen LogP contribution < -0.4 is 19.7 Å². The van der Waals surface area contributed by atoms with E-state index in [-0.39, 0.29) is 55.0 Å². The van der Waals surface area contributed by atoms with Crippen LogP contribution >= 0.6 is 11.6 Å². The first kappa shape index (κ1) is 22.0. The molecule has 34 heavy (non-hydrogen) atoms. The van der Waals surface area contributed by atoms with Crippen molar-refractivity contribution in [3.63, 3.8) is 0 Å². The number of amides is 2. The van der Waals surface area contributed by atoms with Gasteiger partial charge in [-0.1, -0.05) is 11.6 Å². The lowest BCUT2D eigenvalue weighted by Crippen LogP contribution is -2.38. The van der Waals surface area contributed by atoms with Crippen molar-refractivity contribution in [1.29, 1.82) is 0 Å². The van der Waals surface area contributed by atoms with E-state index in [1.54, 1.807) is 42.5 Å². The van der Waals surface area contributed by atoms with Gasteiger partial charge in [-0.05, 0) is 55.3 Å². The monoisotopic (exact) mass is 481 g/mol. The molecule has 9 nitrogen and oxygen atoms in total. The Morgan fingerprint density at radius 2 is 1.97 bits per heavy atom. The van der Waals surface area contributed by atoms with Gasteiger partial charge in [0.1, 0.15) is 24.3 Å². The van der Waals surface area contributed by atoms with Gasteiger partial charge in [0.15, 0.2) is 24.7 Å². The number of fused-ring (bicyclic) bond motifs is 1. The zero-order valence-electron chi connectivity index (χ0n) is 18.0. The summed E-state index contributed by atoms with van der Waals surface area (Å²) in [6, 6.07) is 11.7. The minimum Gasteiger partial charge on any atom is -0.485 e. The molecule has 1 fully saturated rings. The van der Waals surface area contributed by atoms with Gasteiger partial charge in [0.05, 0.1) is 5.69 Å². The maximum absolute atomic E-state index is 12.7. The van der Waals surface area contributed by atoms with Crippen LogP contribution in [0.1, 0.15) is 39.6 Å². The molecule has 5 rings (SSSR count). The molecule has 2 aliphatic rings. The van der Waals surface area contributed by atoms with E-state index in [2.05, 4.69) is 10.3 Å². The molecular formula is C24H20ClN3O6. The summed E-state index contributed by atoms with van der Waals surface area (Å²) in [5.74, 6) is 0.265. The van der Waals surface area contributed by atoms with E-state index >= 15 is 0 Å². The standard InChI is InChI=1S/C24H20ClN3O6/c25-15-2-6-17(7-3-15)32-12-20(29)14-1-8-21-19(9-14)28(23(30)13-33-21)10-22-27-18(11-34-22)24(31)26-16-4-5-16/h1-3,6-9,11,16H,4-5,10,12-13H2,(H,26,31). The van der Waals surface area contributed by atoms with Crippen LogP contribution in [0.3, 0.4) is 0 Å². The number of Topliss-reactive ketones (excluding diaryl/α,β-unsaturated/α-hetero) is 1. The molecule has 2 aromatic carbocycles. The largest absolute Gasteiger partial charge is 0.485 e. The summed E-state index contributed by atoms with van der Waals surface area (Å²) in [5.41, 5.74) is 0.926. The number of anilines is 1. The third-order valence-corrected chi connectivity index (χ3v) is 5.65. The molecule has 0 spiro atoms. The number of hydrogen-bond donors (Lipinski definition) is 1. The number of halogens is 1. The van der Waals surface area contributed by atoms with E-state index in [0.717, 1.165) is 12.8 Å². The van der Waals surface area contributed by atoms with Gasteiger partial charge in [-0.2, -0.15) is 0 Å². The van der Waals surface area contributed by atoms with E-state index in [9.17, 15) is 14.4 Å². The third kappa shape index (κ3) is 4.89. The number of nitrogens with one attached hydrogen (secondary N) is 1. The van der Waals surface area contributed by atoms with Crippen LogP contribution in [0.2, 0.25) is 5.02 Å². The average Bonchev–Trinajstić information content (AvgIpc) is 3.53. The summed E-state index contributed by atoms with van der Waals surface area (Å²) in [6.07, 6.45) is 3.19. The lowest BCUT2D eigenvalue weighted by Gasteiger charge is -2.28. The smallest absolute Gasteiger partial charge is 0.273 e. The Bertz CT molecular complexity index is 1250. The number of carbonyl (C=O) groups excluding carboxylic acids is 3. The maximum atomic E-state index is 12.7. The van der Waals surface area contributed by atoms with Gasteiger partial charge >= 0.3 is 0 Å². The summed E-state index contributed by atoms with van der Waals surface area (Å²) in [4.78, 5) is 43.1. The zero-order valence-corrected chi connectivity index (χ0v) is 18.7. The molecule has 0 radical (unpaired) electrons. The number of rotatable bonds is 8. The second kappa shape index (κ2) is 9.18. The van der Waals surface area contributed by atoms with Crippen molar-refractivity contribution in [1.82, 2.24) is 10.3 Å². The molecule has 10 heteroatoms. The van der Waals surface area contributed by atoms with Crippen LogP contribution in [0, 0.1) is 0 Å². The fourth-order valence-corrected chi connectivity index (χ4v) is 3.55. The predicted octanol–water partition coefficient (Wildman–Crippen LogP) is 3.41. The average molecular weight is 482 g/mol. The number of carbonyl (C=O) groups is 3. The number of benzene rings is 2. The highest BCUT2D eigenvalue weighted by atomic mass is 35.5. The first-order valence-corrected chi connectivity index (χ1v) is 11.1. The van der Waals surface area contributed by atoms with E-state index < -0.39 is 0 Å². The van der Waals surface area contributed by atoms with Crippen molar-refractivity contribution >= 4 is 34.9 Å². The fourth-order valence-electron chi connectivity index (χ4n) is 3.42. The molecule has 1 aliphatic carbocycles. The van der Waals surface area contributed by atoms with Crippen LogP contribution in [0.15, 0.2) is 53.1 Å². The second-order valence-corrected chi connectivity index (χ2v) is 8.43. The number of oxazole rings is 1. The third-order valence-electron chi connectivity index (χ3n) is 5.40. The van der Waals surface area contributed by atoms with E-state index in [1.807, 2.05) is 0 Å². The van der Waals surface area contributed by atoms with Gasteiger partial charge in [0.25, 0.3) is 11.8 Å². The summed E-state index contributed by atoms with van der Waals surface area (Å²) < 4.78 is 16.5. The van der Waals surface area contributed by atoms with Crippen LogP contribution in [0.25, 0.3) is 0 Å². The molecule has 1 N–H and O–H groups in total. The van der Waals surface area contributed by atoms with Crippen LogP contribution in [0.4, 0.5) is 5.69 Å². The molecule has 174 valence electrons. The number of hydrogen-bond acceptors (Lipinski definition) is 7. The highest BCUT2D eigenvalue weighted by Gasteiger charge is 2.29. The Kier molecular flexibility index (Phi) is 5.93. The first-order valence-electron chi connectivity index (χ1n) is 10.7. The van der Waals surface area contributed by atoms with Gasteiger partial charge in [0, 0.05) is 16.6 Å². The molecule has 1 aliphatic heterocycles. The quantitative estimate of drug-likeness (QED) is 0.491. The van der Waals surface area contributed by atoms with E-state index in [1.165, 1.54) is 11.2 Å². The molecular weight excluding hydrogens is 462 g/mol. The summed E-state index contributed by atoms with van der Waals surface area (Å²) in [6.45, 7) is -0.352. The molecule has 2 heterocycles. The molecule has 0 unspecified atom stereocenters. The second-order valence-electron chi connectivity index (χ2n) is 7.99. The van der Waals surface area contributed by atoms with Gasteiger partial charge in [0.2, 0.25) is 5.89 Å². The minimum absolute atomic E-state index is 0.00911. The summed E-state index contributed by atoms with van der Waals surface area (Å²) in [7, 11) is 0. The molecule has 0 saturated heterocycles. The number of ether oxygens (including phenoxy) is 2. The lowest BCUT2D eigenvalue weighted by molar-refractivity contribution is -0.121. The van der Waals surface area contributed by atoms with Gasteiger partial charge in [-0.15, -0.1) is 0 Å². The topological polar surface area (TPSA) is 111 Å². The number of ketones is 1. The van der Waals surface area contributed by atoms with Gasteiger partial charge in [-0.25, -0.2) is 4.98 Å². The van der Waals surface area contributed by atoms with Crippen molar-refractivity contribution < 1.29 is 28.3 Å². The summed E-state index contributed by atoms with van der Waals surface area (Å²) in [5, 5.41) is 3.41. The van der Waals surface area contributed by atoms with Crippen molar-refractivity contribution in [3.8, 4) is 11.5 Å². The highest BCUT2D eigenvalue weighted by molar-refractivity contribution is 6.30. The maximum Gasteiger partial charge on any atom is 0.273 e. The van der Waals surface area contributed by atoms with E-state index in [4.69, 9.17) is 25.5 Å². The fraction of sp³-hybridized carbons (Fsp3) is 0.250. The van der Waals surface area contributed by atoms with Gasteiger partial charge < -0.3 is 19.2 Å². The van der Waals surface area contributed by atoms with Crippen LogP contribution in [-0.2, 0) is 11.3 Å². The Labute approximate surface area is 199 Å². The van der Waals surface area contributed by atoms with Crippen LogP contribution in [0.5, 0.6) is 11.5 Å². The minimum atomic E-state index is -0.323.